The Labute approximate surface area is 107 Å². The van der Waals surface area contributed by atoms with Crippen molar-refractivity contribution >= 4 is 0 Å². The number of hydrogen-bond donors (Lipinski definition) is 1. The minimum absolute atomic E-state index is 0.350. The first-order valence-corrected chi connectivity index (χ1v) is 7.22. The standard InChI is InChI=1S/C14H31N3/c1-5-17-9-6-7-13(17)11-16(4)10-8-14(15)12(2)3/h12-14H,5-11,15H2,1-4H3. The molecule has 0 aromatic carbocycles. The zero-order chi connectivity index (χ0) is 12.8. The maximum absolute atomic E-state index is 6.09. The first kappa shape index (κ1) is 14.9. The highest BCUT2D eigenvalue weighted by molar-refractivity contribution is 4.81. The van der Waals surface area contributed by atoms with Crippen LogP contribution < -0.4 is 5.73 Å². The molecule has 0 bridgehead atoms. The smallest absolute Gasteiger partial charge is 0.0223 e. The predicted molar refractivity (Wildman–Crippen MR) is 75.2 cm³/mol. The highest BCUT2D eigenvalue weighted by atomic mass is 15.2. The van der Waals surface area contributed by atoms with Crippen LogP contribution in [0.2, 0.25) is 0 Å². The third kappa shape index (κ3) is 4.94. The van der Waals surface area contributed by atoms with E-state index in [0.29, 0.717) is 12.0 Å². The van der Waals surface area contributed by atoms with Gasteiger partial charge in [0.1, 0.15) is 0 Å². The Morgan fingerprint density at radius 2 is 2.12 bits per heavy atom. The molecule has 0 aromatic rings. The fourth-order valence-corrected chi connectivity index (χ4v) is 2.67. The highest BCUT2D eigenvalue weighted by Gasteiger charge is 2.23. The fourth-order valence-electron chi connectivity index (χ4n) is 2.67. The maximum atomic E-state index is 6.09. The molecule has 0 aromatic heterocycles. The average Bonchev–Trinajstić information content (AvgIpc) is 2.72. The molecule has 1 heterocycles. The van der Waals surface area contributed by atoms with Crippen molar-refractivity contribution in [2.45, 2.75) is 52.1 Å². The summed E-state index contributed by atoms with van der Waals surface area (Å²) in [6, 6.07) is 1.13. The van der Waals surface area contributed by atoms with Gasteiger partial charge in [-0.05, 0) is 51.9 Å². The van der Waals surface area contributed by atoms with Gasteiger partial charge in [0.05, 0.1) is 0 Å². The zero-order valence-electron chi connectivity index (χ0n) is 12.2. The third-order valence-electron chi connectivity index (χ3n) is 4.13. The van der Waals surface area contributed by atoms with Crippen LogP contribution in [0, 0.1) is 5.92 Å². The topological polar surface area (TPSA) is 32.5 Å². The van der Waals surface area contributed by atoms with Crippen LogP contribution in [-0.2, 0) is 0 Å². The van der Waals surface area contributed by atoms with Crippen LogP contribution in [0.1, 0.15) is 40.0 Å². The fraction of sp³-hybridized carbons (Fsp3) is 1.00. The second-order valence-corrected chi connectivity index (χ2v) is 5.88. The van der Waals surface area contributed by atoms with Gasteiger partial charge in [-0.1, -0.05) is 20.8 Å². The Bertz CT molecular complexity index is 206. The molecule has 0 spiro atoms. The van der Waals surface area contributed by atoms with Crippen molar-refractivity contribution in [3.63, 3.8) is 0 Å². The minimum Gasteiger partial charge on any atom is -0.327 e. The molecule has 0 aliphatic carbocycles. The van der Waals surface area contributed by atoms with E-state index in [-0.39, 0.29) is 0 Å². The molecule has 3 heteroatoms. The molecule has 2 unspecified atom stereocenters. The Balaban J connectivity index is 2.22. The van der Waals surface area contributed by atoms with E-state index >= 15 is 0 Å². The number of nitrogens with two attached hydrogens (primary N) is 1. The van der Waals surface area contributed by atoms with Crippen molar-refractivity contribution in [1.29, 1.82) is 0 Å². The molecule has 102 valence electrons. The summed E-state index contributed by atoms with van der Waals surface area (Å²) in [6.45, 7) is 11.5. The minimum atomic E-state index is 0.350. The van der Waals surface area contributed by atoms with Gasteiger partial charge in [0.2, 0.25) is 0 Å². The molecule has 0 amide bonds. The van der Waals surface area contributed by atoms with E-state index in [9.17, 15) is 0 Å². The van der Waals surface area contributed by atoms with Crippen LogP contribution in [-0.4, -0.2) is 55.1 Å². The van der Waals surface area contributed by atoms with E-state index in [1.165, 1.54) is 32.5 Å². The van der Waals surface area contributed by atoms with Gasteiger partial charge in [-0.3, -0.25) is 4.90 Å². The zero-order valence-corrected chi connectivity index (χ0v) is 12.2. The number of hydrogen-bond acceptors (Lipinski definition) is 3. The first-order chi connectivity index (χ1) is 8.04. The van der Waals surface area contributed by atoms with E-state index in [4.69, 9.17) is 5.73 Å². The maximum Gasteiger partial charge on any atom is 0.0223 e. The molecule has 0 radical (unpaired) electrons. The summed E-state index contributed by atoms with van der Waals surface area (Å²) >= 11 is 0. The number of likely N-dealkylation sites (N-methyl/N-ethyl adjacent to an activating group) is 2. The van der Waals surface area contributed by atoms with E-state index in [1.54, 1.807) is 0 Å². The van der Waals surface area contributed by atoms with Gasteiger partial charge in [0.25, 0.3) is 0 Å². The molecule has 0 saturated carbocycles. The van der Waals surface area contributed by atoms with Crippen molar-refractivity contribution < 1.29 is 0 Å². The van der Waals surface area contributed by atoms with Crippen molar-refractivity contribution in [2.75, 3.05) is 33.2 Å². The Kier molecular flexibility index (Phi) is 6.45. The van der Waals surface area contributed by atoms with Gasteiger partial charge in [0.15, 0.2) is 0 Å². The second-order valence-electron chi connectivity index (χ2n) is 5.88. The van der Waals surface area contributed by atoms with Crippen LogP contribution in [0.3, 0.4) is 0 Å². The molecule has 1 saturated heterocycles. The van der Waals surface area contributed by atoms with Crippen molar-refractivity contribution in [2.24, 2.45) is 11.7 Å². The lowest BCUT2D eigenvalue weighted by atomic mass is 10.0. The van der Waals surface area contributed by atoms with Crippen molar-refractivity contribution in [1.82, 2.24) is 9.80 Å². The van der Waals surface area contributed by atoms with Gasteiger partial charge in [-0.25, -0.2) is 0 Å². The molecular formula is C14H31N3. The highest BCUT2D eigenvalue weighted by Crippen LogP contribution is 2.17. The molecule has 3 nitrogen and oxygen atoms in total. The summed E-state index contributed by atoms with van der Waals surface area (Å²) in [6.07, 6.45) is 3.86. The number of likely N-dealkylation sites (tertiary alicyclic amines) is 1. The molecule has 2 N–H and O–H groups in total. The molecule has 1 fully saturated rings. The summed E-state index contributed by atoms with van der Waals surface area (Å²) in [5.41, 5.74) is 6.09. The summed E-state index contributed by atoms with van der Waals surface area (Å²) in [5, 5.41) is 0. The average molecular weight is 241 g/mol. The molecule has 1 rings (SSSR count). The van der Waals surface area contributed by atoms with E-state index in [0.717, 1.165) is 19.0 Å². The van der Waals surface area contributed by atoms with Gasteiger partial charge in [-0.2, -0.15) is 0 Å². The summed E-state index contributed by atoms with van der Waals surface area (Å²) < 4.78 is 0. The lowest BCUT2D eigenvalue weighted by molar-refractivity contribution is 0.193. The van der Waals surface area contributed by atoms with Crippen LogP contribution in [0.25, 0.3) is 0 Å². The number of nitrogens with zero attached hydrogens (tertiary/aromatic N) is 2. The SMILES string of the molecule is CCN1CCCC1CN(C)CCC(N)C(C)C. The Morgan fingerprint density at radius 1 is 1.41 bits per heavy atom. The van der Waals surface area contributed by atoms with E-state index in [1.807, 2.05) is 0 Å². The summed E-state index contributed by atoms with van der Waals surface area (Å²) in [4.78, 5) is 5.07. The monoisotopic (exact) mass is 241 g/mol. The van der Waals surface area contributed by atoms with Gasteiger partial charge >= 0.3 is 0 Å². The Hall–Kier alpha value is -0.120. The second kappa shape index (κ2) is 7.34. The molecule has 1 aliphatic heterocycles. The van der Waals surface area contributed by atoms with Crippen LogP contribution in [0.15, 0.2) is 0 Å². The summed E-state index contributed by atoms with van der Waals surface area (Å²) in [5.74, 6) is 0.599. The lowest BCUT2D eigenvalue weighted by Crippen LogP contribution is -2.40. The van der Waals surface area contributed by atoms with Crippen molar-refractivity contribution in [3.05, 3.63) is 0 Å². The van der Waals surface area contributed by atoms with Crippen molar-refractivity contribution in [3.8, 4) is 0 Å². The van der Waals surface area contributed by atoms with Crippen LogP contribution in [0.4, 0.5) is 0 Å². The summed E-state index contributed by atoms with van der Waals surface area (Å²) in [7, 11) is 2.24. The number of rotatable bonds is 7. The Morgan fingerprint density at radius 3 is 2.71 bits per heavy atom. The molecule has 1 aliphatic rings. The lowest BCUT2D eigenvalue weighted by Gasteiger charge is -2.28. The van der Waals surface area contributed by atoms with Crippen LogP contribution >= 0.6 is 0 Å². The predicted octanol–water partition coefficient (Wildman–Crippen LogP) is 1.78. The molecular weight excluding hydrogens is 210 g/mol. The third-order valence-corrected chi connectivity index (χ3v) is 4.13. The molecule has 2 atom stereocenters. The van der Waals surface area contributed by atoms with Gasteiger partial charge < -0.3 is 10.6 Å². The first-order valence-electron chi connectivity index (χ1n) is 7.22. The largest absolute Gasteiger partial charge is 0.327 e. The van der Waals surface area contributed by atoms with Gasteiger partial charge in [-0.15, -0.1) is 0 Å². The quantitative estimate of drug-likeness (QED) is 0.737. The van der Waals surface area contributed by atoms with Crippen LogP contribution in [0.5, 0.6) is 0 Å². The van der Waals surface area contributed by atoms with E-state index < -0.39 is 0 Å². The normalized spacial score (nSPS) is 23.8. The molecule has 17 heavy (non-hydrogen) atoms. The van der Waals surface area contributed by atoms with Gasteiger partial charge in [0, 0.05) is 18.6 Å². The van der Waals surface area contributed by atoms with E-state index in [2.05, 4.69) is 37.6 Å².